The molecule has 1 aliphatic heterocycles. The molecule has 3 rings (SSSR count). The van der Waals surface area contributed by atoms with Gasteiger partial charge in [-0.3, -0.25) is 29.6 Å². The molecular weight excluding hydrogens is 360 g/mol. The van der Waals surface area contributed by atoms with Gasteiger partial charge in [-0.1, -0.05) is 13.8 Å². The number of aromatic amines is 1. The highest BCUT2D eigenvalue weighted by Crippen LogP contribution is 2.31. The Bertz CT molecular complexity index is 984. The van der Waals surface area contributed by atoms with E-state index in [4.69, 9.17) is 0 Å². The number of carbonyl (C=O) groups is 2. The third-order valence-electron chi connectivity index (χ3n) is 4.80. The van der Waals surface area contributed by atoms with Crippen molar-refractivity contribution in [3.05, 3.63) is 40.4 Å². The summed E-state index contributed by atoms with van der Waals surface area (Å²) in [5.74, 6) is -0.489. The molecule has 3 heterocycles. The van der Waals surface area contributed by atoms with Crippen molar-refractivity contribution in [1.82, 2.24) is 9.97 Å². The summed E-state index contributed by atoms with van der Waals surface area (Å²) in [6.45, 7) is 7.27. The fraction of sp³-hybridized carbons (Fsp3) is 0.421. The van der Waals surface area contributed by atoms with Gasteiger partial charge in [0.25, 0.3) is 11.5 Å². The number of amides is 2. The smallest absolute Gasteiger partial charge is 0.278 e. The van der Waals surface area contributed by atoms with Gasteiger partial charge in [0.15, 0.2) is 23.9 Å². The number of aromatic nitrogens is 3. The van der Waals surface area contributed by atoms with E-state index in [-0.39, 0.29) is 47.3 Å². The molecule has 3 N–H and O–H groups in total. The summed E-state index contributed by atoms with van der Waals surface area (Å²) in [6.07, 6.45) is 3.53. The largest absolute Gasteiger partial charge is 0.364 e. The lowest BCUT2D eigenvalue weighted by Crippen LogP contribution is -2.53. The summed E-state index contributed by atoms with van der Waals surface area (Å²) in [4.78, 5) is 46.3. The Kier molecular flexibility index (Phi) is 5.17. The third kappa shape index (κ3) is 3.60. The lowest BCUT2D eigenvalue weighted by Gasteiger charge is -2.38. The van der Waals surface area contributed by atoms with Gasteiger partial charge in [-0.2, -0.15) is 4.98 Å². The summed E-state index contributed by atoms with van der Waals surface area (Å²) in [7, 11) is 1.83. The monoisotopic (exact) mass is 385 g/mol. The van der Waals surface area contributed by atoms with Gasteiger partial charge in [-0.05, 0) is 19.9 Å². The predicted molar refractivity (Wildman–Crippen MR) is 105 cm³/mol. The molecule has 2 aromatic heterocycles. The van der Waals surface area contributed by atoms with Crippen LogP contribution < -0.4 is 25.7 Å². The maximum absolute atomic E-state index is 13.2. The van der Waals surface area contributed by atoms with Crippen molar-refractivity contribution >= 4 is 29.3 Å². The van der Waals surface area contributed by atoms with E-state index in [1.807, 2.05) is 27.1 Å². The Labute approximate surface area is 162 Å². The average molecular weight is 385 g/mol. The van der Waals surface area contributed by atoms with E-state index < -0.39 is 5.56 Å². The third-order valence-corrected chi connectivity index (χ3v) is 4.80. The molecule has 0 saturated heterocycles. The number of H-pyrrole nitrogens is 1. The zero-order valence-electron chi connectivity index (χ0n) is 16.6. The van der Waals surface area contributed by atoms with Gasteiger partial charge in [0.05, 0.1) is 6.04 Å². The fourth-order valence-corrected chi connectivity index (χ4v) is 3.01. The van der Waals surface area contributed by atoms with Gasteiger partial charge < -0.3 is 5.32 Å². The molecule has 0 radical (unpaired) electrons. The van der Waals surface area contributed by atoms with Crippen LogP contribution in [0.5, 0.6) is 0 Å². The minimum atomic E-state index is -0.496. The predicted octanol–water partition coefficient (Wildman–Crippen LogP) is 1.04. The van der Waals surface area contributed by atoms with Crippen molar-refractivity contribution in [2.45, 2.75) is 39.8 Å². The molecule has 9 nitrogen and oxygen atoms in total. The number of rotatable bonds is 3. The molecule has 2 aromatic rings. The lowest BCUT2D eigenvalue weighted by molar-refractivity contribution is -0.671. The SMILES string of the molecule is CC(C)C(=O)Nc1nc2c(c(=O)[nH]1)N(C(=O)c1ccc[n+](C)c1)[C@@H](C)[C@@H](C)N2. The van der Waals surface area contributed by atoms with E-state index >= 15 is 0 Å². The quantitative estimate of drug-likeness (QED) is 0.684. The van der Waals surface area contributed by atoms with Crippen LogP contribution in [-0.2, 0) is 11.8 Å². The Balaban J connectivity index is 2.06. The van der Waals surface area contributed by atoms with Gasteiger partial charge >= 0.3 is 0 Å². The number of carbonyl (C=O) groups excluding carboxylic acids is 2. The molecule has 0 unspecified atom stereocenters. The highest BCUT2D eigenvalue weighted by atomic mass is 16.2. The number of fused-ring (bicyclic) bond motifs is 1. The first-order valence-electron chi connectivity index (χ1n) is 9.19. The number of anilines is 3. The van der Waals surface area contributed by atoms with Gasteiger partial charge in [0.2, 0.25) is 11.9 Å². The number of hydrogen-bond acceptors (Lipinski definition) is 5. The summed E-state index contributed by atoms with van der Waals surface area (Å²) < 4.78 is 1.78. The Hall–Kier alpha value is -3.23. The van der Waals surface area contributed by atoms with Gasteiger partial charge in [0, 0.05) is 18.0 Å². The molecule has 0 spiro atoms. The van der Waals surface area contributed by atoms with Crippen LogP contribution in [0.4, 0.5) is 17.5 Å². The van der Waals surface area contributed by atoms with Crippen LogP contribution in [0.25, 0.3) is 0 Å². The van der Waals surface area contributed by atoms with Crippen LogP contribution in [0.3, 0.4) is 0 Å². The molecule has 148 valence electrons. The summed E-state index contributed by atoms with van der Waals surface area (Å²) in [5.41, 5.74) is 0.113. The first-order valence-corrected chi connectivity index (χ1v) is 9.19. The molecule has 0 bridgehead atoms. The summed E-state index contributed by atoms with van der Waals surface area (Å²) in [6, 6.07) is 3.07. The maximum atomic E-state index is 13.2. The fourth-order valence-electron chi connectivity index (χ4n) is 3.01. The molecule has 9 heteroatoms. The van der Waals surface area contributed by atoms with Gasteiger partial charge in [-0.25, -0.2) is 4.57 Å². The highest BCUT2D eigenvalue weighted by molar-refractivity contribution is 6.08. The molecule has 0 saturated carbocycles. The number of nitrogens with one attached hydrogen (secondary N) is 3. The van der Waals surface area contributed by atoms with Crippen LogP contribution in [0.1, 0.15) is 38.1 Å². The second kappa shape index (κ2) is 7.41. The molecule has 0 fully saturated rings. The van der Waals surface area contributed by atoms with Gasteiger partial charge in [0.1, 0.15) is 12.6 Å². The van der Waals surface area contributed by atoms with Crippen molar-refractivity contribution in [1.29, 1.82) is 0 Å². The second-order valence-electron chi connectivity index (χ2n) is 7.36. The zero-order valence-corrected chi connectivity index (χ0v) is 16.6. The first kappa shape index (κ1) is 19.5. The van der Waals surface area contributed by atoms with Crippen molar-refractivity contribution in [3.63, 3.8) is 0 Å². The molecule has 0 aliphatic carbocycles. The van der Waals surface area contributed by atoms with E-state index in [1.54, 1.807) is 36.7 Å². The number of pyridine rings is 1. The van der Waals surface area contributed by atoms with Gasteiger partial charge in [-0.15, -0.1) is 0 Å². The molecule has 0 aromatic carbocycles. The number of aryl methyl sites for hydroxylation is 1. The van der Waals surface area contributed by atoms with Crippen LogP contribution in [-0.4, -0.2) is 33.9 Å². The van der Waals surface area contributed by atoms with Crippen LogP contribution in [0.2, 0.25) is 0 Å². The minimum Gasteiger partial charge on any atom is -0.364 e. The average Bonchev–Trinajstić information content (AvgIpc) is 2.62. The Morgan fingerprint density at radius 3 is 2.68 bits per heavy atom. The Morgan fingerprint density at radius 1 is 1.32 bits per heavy atom. The summed E-state index contributed by atoms with van der Waals surface area (Å²) in [5, 5.41) is 5.75. The maximum Gasteiger partial charge on any atom is 0.278 e. The van der Waals surface area contributed by atoms with Crippen LogP contribution in [0.15, 0.2) is 29.3 Å². The minimum absolute atomic E-state index is 0.0511. The lowest BCUT2D eigenvalue weighted by atomic mass is 10.0. The molecule has 1 aliphatic rings. The first-order chi connectivity index (χ1) is 13.2. The van der Waals surface area contributed by atoms with E-state index in [2.05, 4.69) is 20.6 Å². The number of nitrogens with zero attached hydrogens (tertiary/aromatic N) is 3. The molecule has 2 amide bonds. The standard InChI is InChI=1S/C19H24N6O3/c1-10(2)16(26)22-19-21-15-14(17(27)23-19)25(12(4)11(3)20-15)18(28)13-7-6-8-24(5)9-13/h6-12H,1-5H3,(H2-,20,21,22,23,26,27)/p+1/t11-,12+/m1/s1. The Morgan fingerprint density at radius 2 is 2.04 bits per heavy atom. The molecular formula is C19H25N6O3+. The normalized spacial score (nSPS) is 18.4. The van der Waals surface area contributed by atoms with Crippen molar-refractivity contribution in [2.24, 2.45) is 13.0 Å². The highest BCUT2D eigenvalue weighted by Gasteiger charge is 2.37. The van der Waals surface area contributed by atoms with Crippen molar-refractivity contribution in [2.75, 3.05) is 15.5 Å². The topological polar surface area (TPSA) is 111 Å². The van der Waals surface area contributed by atoms with Crippen LogP contribution in [0, 0.1) is 5.92 Å². The van der Waals surface area contributed by atoms with E-state index in [0.29, 0.717) is 5.56 Å². The molecule has 2 atom stereocenters. The van der Waals surface area contributed by atoms with Crippen molar-refractivity contribution in [3.8, 4) is 0 Å². The van der Waals surface area contributed by atoms with E-state index in [0.717, 1.165) is 0 Å². The van der Waals surface area contributed by atoms with Crippen molar-refractivity contribution < 1.29 is 14.2 Å². The zero-order chi connectivity index (χ0) is 20.6. The van der Waals surface area contributed by atoms with E-state index in [1.165, 1.54) is 4.90 Å². The molecule has 28 heavy (non-hydrogen) atoms. The summed E-state index contributed by atoms with van der Waals surface area (Å²) >= 11 is 0. The number of hydrogen-bond donors (Lipinski definition) is 3. The van der Waals surface area contributed by atoms with Crippen LogP contribution >= 0.6 is 0 Å². The second-order valence-corrected chi connectivity index (χ2v) is 7.36. The van der Waals surface area contributed by atoms with E-state index in [9.17, 15) is 14.4 Å².